The molecule has 0 spiro atoms. The van der Waals surface area contributed by atoms with Crippen LogP contribution >= 0.6 is 22.6 Å². The van der Waals surface area contributed by atoms with E-state index < -0.39 is 6.10 Å². The summed E-state index contributed by atoms with van der Waals surface area (Å²) in [5.74, 6) is 0. The molecule has 0 amide bonds. The van der Waals surface area contributed by atoms with Crippen LogP contribution in [0.15, 0.2) is 54.6 Å². The Morgan fingerprint density at radius 1 is 1.00 bits per heavy atom. The summed E-state index contributed by atoms with van der Waals surface area (Å²) in [5, 5.41) is 10.2. The van der Waals surface area contributed by atoms with Crippen molar-refractivity contribution in [3.8, 4) is 0 Å². The molecule has 0 aliphatic carbocycles. The van der Waals surface area contributed by atoms with E-state index in [9.17, 15) is 5.11 Å². The van der Waals surface area contributed by atoms with Crippen molar-refractivity contribution in [1.82, 2.24) is 0 Å². The van der Waals surface area contributed by atoms with E-state index >= 15 is 0 Å². The van der Waals surface area contributed by atoms with Crippen molar-refractivity contribution in [3.63, 3.8) is 0 Å². The fourth-order valence-electron chi connectivity index (χ4n) is 1.94. The van der Waals surface area contributed by atoms with Gasteiger partial charge in [0.15, 0.2) is 0 Å². The fraction of sp³-hybridized carbons (Fsp3) is 0.200. The molecule has 3 heteroatoms. The van der Waals surface area contributed by atoms with Crippen LogP contribution in [0.25, 0.3) is 0 Å². The molecule has 0 saturated heterocycles. The highest BCUT2D eigenvalue weighted by molar-refractivity contribution is 14.1. The molecule has 0 heterocycles. The summed E-state index contributed by atoms with van der Waals surface area (Å²) in [5.41, 5.74) is 8.24. The molecular weight excluding hydrogens is 337 g/mol. The molecule has 3 N–H and O–H groups in total. The second-order valence-corrected chi connectivity index (χ2v) is 5.47. The van der Waals surface area contributed by atoms with E-state index in [1.165, 1.54) is 0 Å². The summed E-state index contributed by atoms with van der Waals surface area (Å²) in [6, 6.07) is 17.5. The fourth-order valence-corrected chi connectivity index (χ4v) is 2.68. The van der Waals surface area contributed by atoms with E-state index in [4.69, 9.17) is 5.73 Å². The van der Waals surface area contributed by atoms with E-state index in [-0.39, 0.29) is 6.04 Å². The molecule has 0 bridgehead atoms. The van der Waals surface area contributed by atoms with Gasteiger partial charge in [-0.3, -0.25) is 0 Å². The first kappa shape index (κ1) is 13.5. The smallest absolute Gasteiger partial charge is 0.0773 e. The van der Waals surface area contributed by atoms with Crippen molar-refractivity contribution in [3.05, 3.63) is 69.3 Å². The zero-order chi connectivity index (χ0) is 13.0. The van der Waals surface area contributed by atoms with Crippen molar-refractivity contribution in [2.45, 2.75) is 18.6 Å². The molecule has 0 fully saturated rings. The largest absolute Gasteiger partial charge is 0.391 e. The number of hydrogen-bond acceptors (Lipinski definition) is 2. The summed E-state index contributed by atoms with van der Waals surface area (Å²) in [7, 11) is 0. The van der Waals surface area contributed by atoms with Crippen LogP contribution in [0.1, 0.15) is 17.2 Å². The molecule has 0 aliphatic rings. The molecule has 2 rings (SSSR count). The van der Waals surface area contributed by atoms with Gasteiger partial charge < -0.3 is 10.8 Å². The maximum atomic E-state index is 10.2. The molecule has 18 heavy (non-hydrogen) atoms. The van der Waals surface area contributed by atoms with Gasteiger partial charge in [0, 0.05) is 9.99 Å². The number of halogens is 1. The molecule has 2 nitrogen and oxygen atoms in total. The topological polar surface area (TPSA) is 46.2 Å². The summed E-state index contributed by atoms with van der Waals surface area (Å²) in [6.07, 6.45) is 0.01000. The van der Waals surface area contributed by atoms with Crippen LogP contribution in [0.5, 0.6) is 0 Å². The van der Waals surface area contributed by atoms with Gasteiger partial charge in [-0.2, -0.15) is 0 Å². The Hall–Kier alpha value is -0.910. The number of aliphatic hydroxyl groups excluding tert-OH is 1. The Balaban J connectivity index is 2.10. The number of rotatable bonds is 4. The second kappa shape index (κ2) is 6.31. The average Bonchev–Trinajstić information content (AvgIpc) is 2.39. The average molecular weight is 353 g/mol. The lowest BCUT2D eigenvalue weighted by Gasteiger charge is -2.20. The lowest BCUT2D eigenvalue weighted by Crippen LogP contribution is -2.28. The number of aliphatic hydroxyl groups is 1. The van der Waals surface area contributed by atoms with Gasteiger partial charge in [0.2, 0.25) is 0 Å². The number of hydrogen-bond donors (Lipinski definition) is 2. The second-order valence-electron chi connectivity index (χ2n) is 4.30. The molecule has 0 aliphatic heterocycles. The van der Waals surface area contributed by atoms with Gasteiger partial charge >= 0.3 is 0 Å². The minimum Gasteiger partial charge on any atom is -0.391 e. The van der Waals surface area contributed by atoms with Crippen molar-refractivity contribution in [2.75, 3.05) is 0 Å². The van der Waals surface area contributed by atoms with Gasteiger partial charge in [0.25, 0.3) is 0 Å². The van der Waals surface area contributed by atoms with Crippen molar-refractivity contribution < 1.29 is 5.11 Å². The lowest BCUT2D eigenvalue weighted by atomic mass is 9.97. The van der Waals surface area contributed by atoms with E-state index in [0.717, 1.165) is 14.7 Å². The summed E-state index contributed by atoms with van der Waals surface area (Å²) in [4.78, 5) is 0. The molecule has 2 atom stereocenters. The first-order valence-electron chi connectivity index (χ1n) is 5.90. The van der Waals surface area contributed by atoms with E-state index in [0.29, 0.717) is 6.42 Å². The van der Waals surface area contributed by atoms with Gasteiger partial charge in [-0.1, -0.05) is 48.5 Å². The van der Waals surface area contributed by atoms with Crippen LogP contribution < -0.4 is 5.73 Å². The van der Waals surface area contributed by atoms with Gasteiger partial charge in [0.05, 0.1) is 12.1 Å². The molecule has 0 saturated carbocycles. The molecule has 94 valence electrons. The van der Waals surface area contributed by atoms with Crippen LogP contribution in [0.2, 0.25) is 0 Å². The third kappa shape index (κ3) is 3.31. The molecular formula is C15H16INO. The monoisotopic (exact) mass is 353 g/mol. The molecule has 0 radical (unpaired) electrons. The Bertz CT molecular complexity index is 501. The van der Waals surface area contributed by atoms with Crippen LogP contribution in [0, 0.1) is 3.57 Å². The minimum atomic E-state index is -0.566. The molecule has 0 unspecified atom stereocenters. The number of benzene rings is 2. The maximum absolute atomic E-state index is 10.2. The van der Waals surface area contributed by atoms with Crippen molar-refractivity contribution >= 4 is 22.6 Å². The highest BCUT2D eigenvalue weighted by Crippen LogP contribution is 2.22. The summed E-state index contributed by atoms with van der Waals surface area (Å²) < 4.78 is 1.09. The van der Waals surface area contributed by atoms with Gasteiger partial charge in [-0.05, 0) is 39.8 Å². The first-order valence-corrected chi connectivity index (χ1v) is 6.98. The van der Waals surface area contributed by atoms with Crippen LogP contribution in [0.3, 0.4) is 0 Å². The normalized spacial score (nSPS) is 14.2. The molecule has 0 aromatic heterocycles. The third-order valence-electron chi connectivity index (χ3n) is 2.97. The zero-order valence-electron chi connectivity index (χ0n) is 9.96. The van der Waals surface area contributed by atoms with E-state index in [2.05, 4.69) is 22.6 Å². The van der Waals surface area contributed by atoms with Gasteiger partial charge in [-0.25, -0.2) is 0 Å². The van der Waals surface area contributed by atoms with E-state index in [1.807, 2.05) is 54.6 Å². The minimum absolute atomic E-state index is 0.349. The van der Waals surface area contributed by atoms with Gasteiger partial charge in [-0.15, -0.1) is 0 Å². The van der Waals surface area contributed by atoms with Gasteiger partial charge in [0.1, 0.15) is 0 Å². The predicted octanol–water partition coefficient (Wildman–Crippen LogP) is 2.89. The summed E-state index contributed by atoms with van der Waals surface area (Å²) >= 11 is 2.25. The Morgan fingerprint density at radius 2 is 1.61 bits per heavy atom. The first-order chi connectivity index (χ1) is 8.68. The van der Waals surface area contributed by atoms with Crippen molar-refractivity contribution in [1.29, 1.82) is 0 Å². The molecule has 2 aromatic carbocycles. The summed E-state index contributed by atoms with van der Waals surface area (Å²) in [6.45, 7) is 0. The Morgan fingerprint density at radius 3 is 2.28 bits per heavy atom. The lowest BCUT2D eigenvalue weighted by molar-refractivity contribution is 0.145. The van der Waals surface area contributed by atoms with Crippen molar-refractivity contribution in [2.24, 2.45) is 5.73 Å². The number of nitrogens with two attached hydrogens (primary N) is 1. The standard InChI is InChI=1S/C15H16INO/c16-13-9-5-4-8-12(13)15(17)14(18)10-11-6-2-1-3-7-11/h1-9,14-15,18H,10,17H2/t14-,15+/m0/s1. The third-order valence-corrected chi connectivity index (χ3v) is 3.95. The van der Waals surface area contributed by atoms with E-state index in [1.54, 1.807) is 0 Å². The maximum Gasteiger partial charge on any atom is 0.0773 e. The van der Waals surface area contributed by atoms with Crippen LogP contribution in [-0.4, -0.2) is 11.2 Å². The Labute approximate surface area is 121 Å². The zero-order valence-corrected chi connectivity index (χ0v) is 12.1. The highest BCUT2D eigenvalue weighted by atomic mass is 127. The van der Waals surface area contributed by atoms with Crippen LogP contribution in [0.4, 0.5) is 0 Å². The highest BCUT2D eigenvalue weighted by Gasteiger charge is 2.18. The SMILES string of the molecule is N[C@H](c1ccccc1I)[C@@H](O)Cc1ccccc1. The Kier molecular flexibility index (Phi) is 4.74. The molecule has 2 aromatic rings. The van der Waals surface area contributed by atoms with Crippen LogP contribution in [-0.2, 0) is 6.42 Å². The quantitative estimate of drug-likeness (QED) is 0.831. The predicted molar refractivity (Wildman–Crippen MR) is 82.2 cm³/mol.